The first-order valence-electron chi connectivity index (χ1n) is 15.2. The molecule has 2 N–H and O–H groups in total. The molecule has 3 aliphatic rings. The van der Waals surface area contributed by atoms with Gasteiger partial charge in [0.25, 0.3) is 0 Å². The van der Waals surface area contributed by atoms with E-state index in [4.69, 9.17) is 19.8 Å². The summed E-state index contributed by atoms with van der Waals surface area (Å²) in [6.45, 7) is 4.45. The predicted molar refractivity (Wildman–Crippen MR) is 158 cm³/mol. The average Bonchev–Trinajstić information content (AvgIpc) is 3.59. The van der Waals surface area contributed by atoms with Crippen LogP contribution in [-0.2, 0) is 13.0 Å². The van der Waals surface area contributed by atoms with E-state index >= 15 is 0 Å². The molecule has 0 amide bonds. The molecule has 3 atom stereocenters. The smallest absolute Gasteiger partial charge is 0.192 e. The number of pyridine rings is 2. The normalized spacial score (nSPS) is 22.8. The molecule has 4 aromatic rings. The zero-order valence-electron chi connectivity index (χ0n) is 24.9. The molecule has 0 aromatic carbocycles. The van der Waals surface area contributed by atoms with E-state index in [0.717, 1.165) is 74.8 Å². The maximum Gasteiger partial charge on any atom is 0.192 e. The maximum absolute atomic E-state index is 13.5. The summed E-state index contributed by atoms with van der Waals surface area (Å²) in [5.74, 6) is 0.508. The fourth-order valence-corrected chi connectivity index (χ4v) is 7.35. The quantitative estimate of drug-likeness (QED) is 0.230. The number of methoxy groups -OCH3 is 1. The van der Waals surface area contributed by atoms with Gasteiger partial charge in [-0.05, 0) is 56.4 Å². The number of halogens is 1. The van der Waals surface area contributed by atoms with Crippen LogP contribution in [0.1, 0.15) is 48.7 Å². The predicted octanol–water partition coefficient (Wildman–Crippen LogP) is 3.00. The molecule has 12 nitrogen and oxygen atoms in total. The third kappa shape index (κ3) is 5.02. The molecular weight excluding hydrogens is 565 g/mol. The summed E-state index contributed by atoms with van der Waals surface area (Å²) in [5, 5.41) is 31.1. The second-order valence-corrected chi connectivity index (χ2v) is 11.9. The SMILES string of the molecule is COc1cnn2cc(-c3nn4c(c3C)CCN(C3CC5CCC(C3)N5NC#N)CC4)cc(OC(CO)c3ccc(F)cn3)c12. The van der Waals surface area contributed by atoms with Gasteiger partial charge in [-0.3, -0.25) is 20.0 Å². The lowest BCUT2D eigenvalue weighted by Crippen LogP contribution is -2.54. The van der Waals surface area contributed by atoms with E-state index in [1.807, 2.05) is 12.3 Å². The fraction of sp³-hybridized carbons (Fsp3) is 0.484. The van der Waals surface area contributed by atoms with Crippen molar-refractivity contribution in [2.24, 2.45) is 0 Å². The molecule has 2 saturated heterocycles. The Kier molecular flexibility index (Phi) is 7.57. The molecule has 0 aliphatic carbocycles. The Balaban J connectivity index is 1.15. The number of ether oxygens (including phenoxy) is 2. The highest BCUT2D eigenvalue weighted by Crippen LogP contribution is 2.39. The third-order valence-electron chi connectivity index (χ3n) is 9.51. The Bertz CT molecular complexity index is 1680. The van der Waals surface area contributed by atoms with E-state index in [1.165, 1.54) is 17.8 Å². The molecular formula is C31H36FN9O3. The lowest BCUT2D eigenvalue weighted by molar-refractivity contribution is 0.0382. The molecule has 0 saturated carbocycles. The lowest BCUT2D eigenvalue weighted by Gasteiger charge is -2.42. The number of piperidine rings is 1. The zero-order valence-corrected chi connectivity index (χ0v) is 24.9. The van der Waals surface area contributed by atoms with E-state index in [-0.39, 0.29) is 6.61 Å². The molecule has 2 bridgehead atoms. The van der Waals surface area contributed by atoms with E-state index in [2.05, 4.69) is 43.2 Å². The summed E-state index contributed by atoms with van der Waals surface area (Å²) in [7, 11) is 1.57. The van der Waals surface area contributed by atoms with Crippen LogP contribution < -0.4 is 14.9 Å². The number of hydrogen-bond donors (Lipinski definition) is 2. The Labute approximate surface area is 254 Å². The van der Waals surface area contributed by atoms with Crippen molar-refractivity contribution in [1.82, 2.24) is 39.7 Å². The van der Waals surface area contributed by atoms with Crippen molar-refractivity contribution in [2.75, 3.05) is 26.8 Å². The Morgan fingerprint density at radius 1 is 1.14 bits per heavy atom. The minimum absolute atomic E-state index is 0.352. The Morgan fingerprint density at radius 2 is 1.95 bits per heavy atom. The molecule has 44 heavy (non-hydrogen) atoms. The number of nitriles is 1. The zero-order chi connectivity index (χ0) is 30.4. The number of nitrogens with zero attached hydrogens (tertiary/aromatic N) is 8. The number of nitrogens with one attached hydrogen (secondary N) is 1. The molecule has 2 fully saturated rings. The molecule has 3 aliphatic heterocycles. The van der Waals surface area contributed by atoms with E-state index in [9.17, 15) is 9.50 Å². The standard InChI is InChI=1S/C31H36FN9O3/c1-19-26-7-8-38(24-12-22-4-5-23(13-24)41(22)36-18-33)9-10-39(26)37-30(19)20-11-27(31-28(43-2)15-35-40(31)16-20)44-29(17-42)25-6-3-21(32)14-34-25/h3,6,11,14-16,22-24,29,36,42H,4-5,7-10,12-13,17H2,1-2H3. The van der Waals surface area contributed by atoms with E-state index in [0.29, 0.717) is 40.8 Å². The van der Waals surface area contributed by atoms with Gasteiger partial charge < -0.3 is 14.6 Å². The summed E-state index contributed by atoms with van der Waals surface area (Å²) in [5.41, 5.74) is 7.95. The second-order valence-electron chi connectivity index (χ2n) is 11.9. The fourth-order valence-electron chi connectivity index (χ4n) is 7.35. The van der Waals surface area contributed by atoms with Gasteiger partial charge in [0, 0.05) is 55.1 Å². The first kappa shape index (κ1) is 28.5. The Morgan fingerprint density at radius 3 is 2.66 bits per heavy atom. The topological polar surface area (TPSA) is 129 Å². The van der Waals surface area contributed by atoms with Crippen molar-refractivity contribution in [3.05, 3.63) is 59.6 Å². The summed E-state index contributed by atoms with van der Waals surface area (Å²) in [6, 6.07) is 6.04. The molecule has 13 heteroatoms. The highest BCUT2D eigenvalue weighted by molar-refractivity contribution is 5.75. The van der Waals surface area contributed by atoms with Gasteiger partial charge in [0.15, 0.2) is 29.3 Å². The molecule has 7 rings (SSSR count). The van der Waals surface area contributed by atoms with Gasteiger partial charge >= 0.3 is 0 Å². The van der Waals surface area contributed by atoms with Crippen molar-refractivity contribution in [3.8, 4) is 28.9 Å². The van der Waals surface area contributed by atoms with Crippen molar-refractivity contribution < 1.29 is 19.0 Å². The van der Waals surface area contributed by atoms with Crippen molar-refractivity contribution >= 4 is 5.52 Å². The maximum atomic E-state index is 13.5. The third-order valence-corrected chi connectivity index (χ3v) is 9.51. The minimum atomic E-state index is -0.821. The molecule has 0 spiro atoms. The van der Waals surface area contributed by atoms with Crippen LogP contribution >= 0.6 is 0 Å². The first-order chi connectivity index (χ1) is 21.5. The van der Waals surface area contributed by atoms with Crippen LogP contribution in [0.2, 0.25) is 0 Å². The van der Waals surface area contributed by atoms with Gasteiger partial charge in [0.05, 0.1) is 44.0 Å². The molecule has 4 aromatic heterocycles. The number of fused-ring (bicyclic) bond motifs is 4. The van der Waals surface area contributed by atoms with Crippen LogP contribution in [0.15, 0.2) is 36.8 Å². The number of hydrazine groups is 1. The Hall–Kier alpha value is -4.25. The summed E-state index contributed by atoms with van der Waals surface area (Å²) >= 11 is 0. The van der Waals surface area contributed by atoms with Gasteiger partial charge in [0.2, 0.25) is 0 Å². The molecule has 0 radical (unpaired) electrons. The van der Waals surface area contributed by atoms with Crippen LogP contribution in [0.3, 0.4) is 0 Å². The van der Waals surface area contributed by atoms with E-state index < -0.39 is 11.9 Å². The van der Waals surface area contributed by atoms with Crippen molar-refractivity contribution in [2.45, 2.75) is 69.8 Å². The minimum Gasteiger partial charge on any atom is -0.493 e. The first-order valence-corrected chi connectivity index (χ1v) is 15.2. The number of aliphatic hydroxyl groups is 1. The van der Waals surface area contributed by atoms with Gasteiger partial charge in [-0.15, -0.1) is 0 Å². The molecule has 230 valence electrons. The monoisotopic (exact) mass is 601 g/mol. The van der Waals surface area contributed by atoms with Crippen LogP contribution in [0.25, 0.3) is 16.8 Å². The van der Waals surface area contributed by atoms with Crippen molar-refractivity contribution in [3.63, 3.8) is 0 Å². The van der Waals surface area contributed by atoms with Gasteiger partial charge in [0.1, 0.15) is 5.82 Å². The lowest BCUT2D eigenvalue weighted by atomic mass is 9.97. The number of aromatic nitrogens is 5. The van der Waals surface area contributed by atoms with Crippen LogP contribution in [-0.4, -0.2) is 84.3 Å². The largest absolute Gasteiger partial charge is 0.493 e. The van der Waals surface area contributed by atoms with Crippen molar-refractivity contribution in [1.29, 1.82) is 5.26 Å². The van der Waals surface area contributed by atoms with Gasteiger partial charge in [-0.25, -0.2) is 13.9 Å². The summed E-state index contributed by atoms with van der Waals surface area (Å²) in [6.07, 6.45) is 11.3. The average molecular weight is 602 g/mol. The number of aliphatic hydroxyl groups excluding tert-OH is 1. The molecule has 7 heterocycles. The molecule has 3 unspecified atom stereocenters. The second kappa shape index (κ2) is 11.7. The highest BCUT2D eigenvalue weighted by Gasteiger charge is 2.43. The summed E-state index contributed by atoms with van der Waals surface area (Å²) < 4.78 is 29.2. The van der Waals surface area contributed by atoms with E-state index in [1.54, 1.807) is 17.8 Å². The van der Waals surface area contributed by atoms with Gasteiger partial charge in [-0.1, -0.05) is 0 Å². The van der Waals surface area contributed by atoms with Crippen LogP contribution in [0.4, 0.5) is 4.39 Å². The highest BCUT2D eigenvalue weighted by atomic mass is 19.1. The summed E-state index contributed by atoms with van der Waals surface area (Å²) in [4.78, 5) is 6.74. The number of hydrogen-bond acceptors (Lipinski definition) is 10. The van der Waals surface area contributed by atoms with Gasteiger partial charge in [-0.2, -0.15) is 15.5 Å². The van der Waals surface area contributed by atoms with Crippen LogP contribution in [0.5, 0.6) is 11.5 Å². The van der Waals surface area contributed by atoms with Crippen LogP contribution in [0, 0.1) is 24.2 Å². The number of rotatable bonds is 8.